The molecular weight excluding hydrogens is 433 g/mol. The van der Waals surface area contributed by atoms with Crippen LogP contribution in [0.3, 0.4) is 0 Å². The van der Waals surface area contributed by atoms with Gasteiger partial charge in [-0.25, -0.2) is 9.78 Å². The zero-order valence-electron chi connectivity index (χ0n) is 17.3. The molecule has 1 aliphatic heterocycles. The molecule has 160 valence electrons. The normalized spacial score (nSPS) is 13.0. The van der Waals surface area contributed by atoms with E-state index in [1.54, 1.807) is 22.1 Å². The van der Waals surface area contributed by atoms with Gasteiger partial charge in [-0.2, -0.15) is 0 Å². The number of aromatic nitrogens is 1. The highest BCUT2D eigenvalue weighted by atomic mass is 35.5. The number of nitrogens with zero attached hydrogens (tertiary/aromatic N) is 3. The molecule has 0 unspecified atom stereocenters. The summed E-state index contributed by atoms with van der Waals surface area (Å²) in [6.07, 6.45) is 1.56. The van der Waals surface area contributed by atoms with Crippen LogP contribution in [-0.2, 0) is 0 Å². The van der Waals surface area contributed by atoms with E-state index in [1.165, 1.54) is 0 Å². The highest BCUT2D eigenvalue weighted by Gasteiger charge is 2.33. The number of hydrogen-bond donors (Lipinski definition) is 2. The Hall–Kier alpha value is -2.80. The molecule has 0 saturated heterocycles. The molecule has 2 amide bonds. The number of likely N-dealkylation sites (N-methyl/N-ethyl adjacent to an activating group) is 1. The number of hydrogen-bond acceptors (Lipinski definition) is 4. The fourth-order valence-electron chi connectivity index (χ4n) is 3.67. The van der Waals surface area contributed by atoms with E-state index in [-0.39, 0.29) is 6.03 Å². The number of pyridine rings is 1. The van der Waals surface area contributed by atoms with Gasteiger partial charge in [0.05, 0.1) is 16.4 Å². The lowest BCUT2D eigenvalue weighted by Gasteiger charge is -2.28. The Morgan fingerprint density at radius 3 is 2.45 bits per heavy atom. The number of halogens is 2. The first-order chi connectivity index (χ1) is 15.0. The summed E-state index contributed by atoms with van der Waals surface area (Å²) in [5, 5.41) is 7.50. The van der Waals surface area contributed by atoms with Gasteiger partial charge in [0.2, 0.25) is 0 Å². The lowest BCUT2D eigenvalue weighted by atomic mass is 10.0. The number of urea groups is 1. The average molecular weight is 456 g/mol. The Morgan fingerprint density at radius 2 is 1.74 bits per heavy atom. The Balaban J connectivity index is 1.84. The van der Waals surface area contributed by atoms with Crippen LogP contribution >= 0.6 is 23.2 Å². The summed E-state index contributed by atoms with van der Waals surface area (Å²) in [7, 11) is 1.91. The quantitative estimate of drug-likeness (QED) is 0.462. The molecule has 4 rings (SSSR count). The Labute approximate surface area is 191 Å². The van der Waals surface area contributed by atoms with Gasteiger partial charge in [0.25, 0.3) is 0 Å². The van der Waals surface area contributed by atoms with Crippen LogP contribution in [0.4, 0.5) is 27.7 Å². The van der Waals surface area contributed by atoms with E-state index >= 15 is 0 Å². The van der Waals surface area contributed by atoms with Gasteiger partial charge in [-0.05, 0) is 56.4 Å². The van der Waals surface area contributed by atoms with Gasteiger partial charge in [0.1, 0.15) is 5.82 Å². The zero-order valence-corrected chi connectivity index (χ0v) is 18.8. The third kappa shape index (κ3) is 4.19. The minimum Gasteiger partial charge on any atom is -0.384 e. The Bertz CT molecular complexity index is 1100. The van der Waals surface area contributed by atoms with Gasteiger partial charge in [-0.1, -0.05) is 29.3 Å². The Kier molecular flexibility index (Phi) is 6.32. The van der Waals surface area contributed by atoms with Crippen LogP contribution in [-0.4, -0.2) is 37.7 Å². The lowest BCUT2D eigenvalue weighted by molar-refractivity contribution is 0.254. The number of amides is 2. The second kappa shape index (κ2) is 9.14. The van der Waals surface area contributed by atoms with Crippen molar-refractivity contribution in [1.82, 2.24) is 10.3 Å². The summed E-state index contributed by atoms with van der Waals surface area (Å²) in [4.78, 5) is 21.5. The summed E-state index contributed by atoms with van der Waals surface area (Å²) in [6.45, 7) is 4.05. The molecule has 1 aliphatic rings. The van der Waals surface area contributed by atoms with Crippen molar-refractivity contribution in [3.05, 3.63) is 64.8 Å². The standard InChI is InChI=1S/C23H23Cl2N5O/c1-3-29-22-20(12-16(25)14-28-22)19-9-4-15(24)13-21(19)30(23(29)31)18-7-5-17(6-8-18)27-11-10-26-2/h4-9,12-14,26-27H,3,10-11H2,1-2H3. The van der Waals surface area contributed by atoms with Gasteiger partial charge in [-0.3, -0.25) is 9.80 Å². The fourth-order valence-corrected chi connectivity index (χ4v) is 4.00. The zero-order chi connectivity index (χ0) is 22.0. The third-order valence-corrected chi connectivity index (χ3v) is 5.59. The molecule has 0 radical (unpaired) electrons. The van der Waals surface area contributed by atoms with Gasteiger partial charge in [0.15, 0.2) is 0 Å². The van der Waals surface area contributed by atoms with Crippen LogP contribution in [0.5, 0.6) is 0 Å². The molecule has 0 atom stereocenters. The van der Waals surface area contributed by atoms with E-state index in [4.69, 9.17) is 23.2 Å². The molecular formula is C23H23Cl2N5O. The van der Waals surface area contributed by atoms with E-state index in [0.717, 1.165) is 35.6 Å². The van der Waals surface area contributed by atoms with Crippen LogP contribution in [0.2, 0.25) is 10.0 Å². The molecule has 2 N–H and O–H groups in total. The largest absolute Gasteiger partial charge is 0.384 e. The number of benzene rings is 2. The number of anilines is 4. The van der Waals surface area contributed by atoms with E-state index in [1.807, 2.05) is 56.4 Å². The average Bonchev–Trinajstić information content (AvgIpc) is 2.86. The number of rotatable bonds is 6. The predicted octanol–water partition coefficient (Wildman–Crippen LogP) is 5.78. The first-order valence-corrected chi connectivity index (χ1v) is 10.8. The first-order valence-electron chi connectivity index (χ1n) is 10.1. The molecule has 2 heterocycles. The highest BCUT2D eigenvalue weighted by Crippen LogP contribution is 2.44. The maximum Gasteiger partial charge on any atom is 0.334 e. The molecule has 0 saturated carbocycles. The number of fused-ring (bicyclic) bond motifs is 3. The van der Waals surface area contributed by atoms with Gasteiger partial charge in [-0.15, -0.1) is 0 Å². The molecule has 31 heavy (non-hydrogen) atoms. The summed E-state index contributed by atoms with van der Waals surface area (Å²) < 4.78 is 0. The SMILES string of the molecule is CCN1C(=O)N(c2ccc(NCCNC)cc2)c2cc(Cl)ccc2-c2cc(Cl)cnc21. The summed E-state index contributed by atoms with van der Waals surface area (Å²) in [5.74, 6) is 0.577. The van der Waals surface area contributed by atoms with Crippen LogP contribution in [0, 0.1) is 0 Å². The van der Waals surface area contributed by atoms with E-state index in [2.05, 4.69) is 15.6 Å². The van der Waals surface area contributed by atoms with Crippen LogP contribution in [0.15, 0.2) is 54.7 Å². The van der Waals surface area contributed by atoms with Crippen molar-refractivity contribution in [1.29, 1.82) is 0 Å². The number of carbonyl (C=O) groups excluding carboxylic acids is 1. The molecule has 0 spiro atoms. The van der Waals surface area contributed by atoms with Crippen molar-refractivity contribution >= 4 is 52.1 Å². The van der Waals surface area contributed by atoms with Crippen molar-refractivity contribution in [2.45, 2.75) is 6.92 Å². The van der Waals surface area contributed by atoms with Crippen LogP contribution in [0.25, 0.3) is 11.1 Å². The molecule has 6 nitrogen and oxygen atoms in total. The molecule has 2 aromatic carbocycles. The summed E-state index contributed by atoms with van der Waals surface area (Å²) in [6, 6.07) is 14.9. The molecule has 1 aromatic heterocycles. The predicted molar refractivity (Wildman–Crippen MR) is 129 cm³/mol. The fraction of sp³-hybridized carbons (Fsp3) is 0.217. The minimum absolute atomic E-state index is 0.199. The maximum atomic E-state index is 13.7. The second-order valence-corrected chi connectivity index (χ2v) is 8.00. The van der Waals surface area contributed by atoms with Crippen molar-refractivity contribution in [3.8, 4) is 11.1 Å². The first kappa shape index (κ1) is 21.4. The topological polar surface area (TPSA) is 60.5 Å². The smallest absolute Gasteiger partial charge is 0.334 e. The number of nitrogens with one attached hydrogen (secondary N) is 2. The number of carbonyl (C=O) groups is 1. The highest BCUT2D eigenvalue weighted by molar-refractivity contribution is 6.32. The molecule has 8 heteroatoms. The van der Waals surface area contributed by atoms with Crippen molar-refractivity contribution < 1.29 is 4.79 Å². The van der Waals surface area contributed by atoms with Crippen molar-refractivity contribution in [2.75, 3.05) is 41.8 Å². The molecule has 3 aromatic rings. The summed E-state index contributed by atoms with van der Waals surface area (Å²) in [5.41, 5.74) is 4.05. The van der Waals surface area contributed by atoms with Crippen LogP contribution in [0.1, 0.15) is 6.92 Å². The third-order valence-electron chi connectivity index (χ3n) is 5.15. The minimum atomic E-state index is -0.199. The van der Waals surface area contributed by atoms with Gasteiger partial charge in [0, 0.05) is 47.7 Å². The molecule has 0 aliphatic carbocycles. The lowest BCUT2D eigenvalue weighted by Crippen LogP contribution is -2.40. The van der Waals surface area contributed by atoms with E-state index in [0.29, 0.717) is 28.1 Å². The Morgan fingerprint density at radius 1 is 0.968 bits per heavy atom. The van der Waals surface area contributed by atoms with Crippen molar-refractivity contribution in [3.63, 3.8) is 0 Å². The van der Waals surface area contributed by atoms with Gasteiger partial charge >= 0.3 is 6.03 Å². The van der Waals surface area contributed by atoms with Crippen molar-refractivity contribution in [2.24, 2.45) is 0 Å². The summed E-state index contributed by atoms with van der Waals surface area (Å²) >= 11 is 12.6. The second-order valence-electron chi connectivity index (χ2n) is 7.13. The van der Waals surface area contributed by atoms with Gasteiger partial charge < -0.3 is 10.6 Å². The molecule has 0 bridgehead atoms. The molecule has 0 fully saturated rings. The van der Waals surface area contributed by atoms with E-state index in [9.17, 15) is 4.79 Å². The monoisotopic (exact) mass is 455 g/mol. The van der Waals surface area contributed by atoms with E-state index < -0.39 is 0 Å². The van der Waals surface area contributed by atoms with Crippen LogP contribution < -0.4 is 20.4 Å². The maximum absolute atomic E-state index is 13.7.